The third-order valence-corrected chi connectivity index (χ3v) is 4.83. The fourth-order valence-electron chi connectivity index (χ4n) is 3.20. The molecule has 2 heterocycles. The van der Waals surface area contributed by atoms with Gasteiger partial charge in [-0.1, -0.05) is 27.7 Å². The van der Waals surface area contributed by atoms with Crippen molar-refractivity contribution in [2.45, 2.75) is 59.4 Å². The van der Waals surface area contributed by atoms with E-state index >= 15 is 0 Å². The molecule has 3 rings (SSSR count). The molecule has 0 bridgehead atoms. The van der Waals surface area contributed by atoms with Crippen molar-refractivity contribution in [3.8, 4) is 5.75 Å². The lowest BCUT2D eigenvalue weighted by atomic mass is 9.87. The van der Waals surface area contributed by atoms with Gasteiger partial charge in [0.1, 0.15) is 16.9 Å². The smallest absolute Gasteiger partial charge is 0.336 e. The second-order valence-electron chi connectivity index (χ2n) is 8.38. The second-order valence-corrected chi connectivity index (χ2v) is 8.38. The average molecular weight is 402 g/mol. The van der Waals surface area contributed by atoms with Crippen LogP contribution in [0, 0.1) is 11.8 Å². The molecule has 0 saturated heterocycles. The van der Waals surface area contributed by atoms with Crippen molar-refractivity contribution in [1.82, 2.24) is 0 Å². The maximum Gasteiger partial charge on any atom is 0.336 e. The van der Waals surface area contributed by atoms with E-state index in [9.17, 15) is 14.4 Å². The molecule has 7 nitrogen and oxygen atoms in total. The summed E-state index contributed by atoms with van der Waals surface area (Å²) in [6.45, 7) is 10.4. The summed E-state index contributed by atoms with van der Waals surface area (Å²) in [6.07, 6.45) is -1.91. The highest BCUT2D eigenvalue weighted by atomic mass is 16.6. The molecule has 2 atom stereocenters. The van der Waals surface area contributed by atoms with E-state index in [0.717, 1.165) is 0 Å². The highest BCUT2D eigenvalue weighted by Gasteiger charge is 2.50. The van der Waals surface area contributed by atoms with Crippen LogP contribution >= 0.6 is 0 Å². The highest BCUT2D eigenvalue weighted by molar-refractivity contribution is 5.84. The maximum atomic E-state index is 12.5. The second kappa shape index (κ2) is 7.54. The number of carbonyl (C=O) groups is 2. The predicted octanol–water partition coefficient (Wildman–Crippen LogP) is 3.77. The fourth-order valence-corrected chi connectivity index (χ4v) is 3.20. The van der Waals surface area contributed by atoms with Crippen LogP contribution in [0.1, 0.15) is 53.2 Å². The number of hydrogen-bond donors (Lipinski definition) is 0. The van der Waals surface area contributed by atoms with Gasteiger partial charge in [0.05, 0.1) is 17.4 Å². The molecule has 1 aliphatic heterocycles. The first-order valence-corrected chi connectivity index (χ1v) is 9.68. The van der Waals surface area contributed by atoms with Gasteiger partial charge in [0, 0.05) is 11.5 Å². The normalized spacial score (nSPS) is 20.3. The average Bonchev–Trinajstić information content (AvgIpc) is 2.62. The summed E-state index contributed by atoms with van der Waals surface area (Å²) in [5.74, 6) is -1.26. The zero-order valence-corrected chi connectivity index (χ0v) is 17.5. The lowest BCUT2D eigenvalue weighted by molar-refractivity contribution is -0.194. The van der Waals surface area contributed by atoms with Gasteiger partial charge >= 0.3 is 17.6 Å². The van der Waals surface area contributed by atoms with Gasteiger partial charge in [-0.25, -0.2) is 4.79 Å². The van der Waals surface area contributed by atoms with Gasteiger partial charge in [-0.15, -0.1) is 0 Å². The van der Waals surface area contributed by atoms with Crippen LogP contribution in [0.25, 0.3) is 11.0 Å². The van der Waals surface area contributed by atoms with Crippen molar-refractivity contribution >= 4 is 22.9 Å². The summed E-state index contributed by atoms with van der Waals surface area (Å²) in [7, 11) is 0. The Morgan fingerprint density at radius 2 is 1.55 bits per heavy atom. The molecular weight excluding hydrogens is 376 g/mol. The zero-order valence-electron chi connectivity index (χ0n) is 17.5. The molecule has 7 heteroatoms. The Kier molecular flexibility index (Phi) is 5.43. The third-order valence-electron chi connectivity index (χ3n) is 4.83. The summed E-state index contributed by atoms with van der Waals surface area (Å²) in [4.78, 5) is 36.8. The van der Waals surface area contributed by atoms with Gasteiger partial charge in [-0.05, 0) is 32.0 Å². The van der Waals surface area contributed by atoms with Crippen LogP contribution in [0.3, 0.4) is 0 Å². The molecule has 1 aliphatic rings. The van der Waals surface area contributed by atoms with E-state index in [1.165, 1.54) is 6.07 Å². The summed E-state index contributed by atoms with van der Waals surface area (Å²) in [5.41, 5.74) is -0.893. The Hall–Kier alpha value is -2.83. The summed E-state index contributed by atoms with van der Waals surface area (Å²) >= 11 is 0. The highest BCUT2D eigenvalue weighted by Crippen LogP contribution is 2.46. The molecule has 1 aromatic carbocycles. The Bertz CT molecular complexity index is 1000. The van der Waals surface area contributed by atoms with Gasteiger partial charge in [-0.2, -0.15) is 0 Å². The monoisotopic (exact) mass is 402 g/mol. The quantitative estimate of drug-likeness (QED) is 0.568. The van der Waals surface area contributed by atoms with Crippen molar-refractivity contribution < 1.29 is 28.2 Å². The lowest BCUT2D eigenvalue weighted by Crippen LogP contribution is -2.52. The van der Waals surface area contributed by atoms with Crippen molar-refractivity contribution in [1.29, 1.82) is 0 Å². The van der Waals surface area contributed by atoms with E-state index in [0.29, 0.717) is 16.7 Å². The van der Waals surface area contributed by atoms with Crippen LogP contribution in [0.4, 0.5) is 0 Å². The van der Waals surface area contributed by atoms with Crippen LogP contribution < -0.4 is 10.4 Å². The first-order chi connectivity index (χ1) is 13.5. The minimum Gasteiger partial charge on any atom is -0.483 e. The molecule has 0 N–H and O–H groups in total. The van der Waals surface area contributed by atoms with Crippen LogP contribution in [0.15, 0.2) is 33.5 Å². The first-order valence-electron chi connectivity index (χ1n) is 9.68. The standard InChI is InChI=1S/C22H26O7/c1-11(2)20(24)27-18-16-14(9-7-13-8-10-15(23)26-17(13)16)29-22(5,6)19(18)28-21(25)12(3)4/h7-12,18-19H,1-6H3/t18-,19-/m0/s1. The zero-order chi connectivity index (χ0) is 21.5. The Morgan fingerprint density at radius 3 is 2.17 bits per heavy atom. The predicted molar refractivity (Wildman–Crippen MR) is 106 cm³/mol. The first kappa shape index (κ1) is 20.9. The molecule has 0 aliphatic carbocycles. The van der Waals surface area contributed by atoms with Gasteiger partial charge in [0.15, 0.2) is 12.2 Å². The molecule has 29 heavy (non-hydrogen) atoms. The Morgan fingerprint density at radius 1 is 0.966 bits per heavy atom. The van der Waals surface area contributed by atoms with E-state index < -0.39 is 41.3 Å². The molecule has 0 radical (unpaired) electrons. The summed E-state index contributed by atoms with van der Waals surface area (Å²) < 4.78 is 23.1. The van der Waals surface area contributed by atoms with E-state index in [4.69, 9.17) is 18.6 Å². The molecule has 0 fully saturated rings. The summed E-state index contributed by atoms with van der Waals surface area (Å²) in [6, 6.07) is 6.43. The number of carbonyl (C=O) groups excluding carboxylic acids is 2. The van der Waals surface area contributed by atoms with Crippen LogP contribution in [-0.2, 0) is 19.1 Å². The molecule has 1 aromatic heterocycles. The molecule has 0 unspecified atom stereocenters. The Labute approximate surface area is 168 Å². The van der Waals surface area contributed by atoms with Crippen LogP contribution in [-0.4, -0.2) is 23.6 Å². The van der Waals surface area contributed by atoms with Crippen molar-refractivity contribution in [3.05, 3.63) is 40.2 Å². The number of ether oxygens (including phenoxy) is 3. The van der Waals surface area contributed by atoms with Gasteiger partial charge in [-0.3, -0.25) is 9.59 Å². The van der Waals surface area contributed by atoms with E-state index in [1.807, 2.05) is 0 Å². The minimum absolute atomic E-state index is 0.248. The van der Waals surface area contributed by atoms with E-state index in [-0.39, 0.29) is 11.5 Å². The molecule has 2 aromatic rings. The van der Waals surface area contributed by atoms with Gasteiger partial charge in [0.2, 0.25) is 0 Å². The molecule has 0 saturated carbocycles. The van der Waals surface area contributed by atoms with Crippen LogP contribution in [0.5, 0.6) is 5.75 Å². The van der Waals surface area contributed by atoms with Crippen molar-refractivity contribution in [3.63, 3.8) is 0 Å². The SMILES string of the molecule is CC(C)C(=O)O[C@H]1c2c(ccc3ccc(=O)oc23)OC(C)(C)[C@H]1OC(=O)C(C)C. The topological polar surface area (TPSA) is 92.0 Å². The minimum atomic E-state index is -0.986. The number of esters is 2. The number of rotatable bonds is 4. The third kappa shape index (κ3) is 3.99. The number of fused-ring (bicyclic) bond motifs is 3. The van der Waals surface area contributed by atoms with E-state index in [2.05, 4.69) is 0 Å². The molecule has 0 spiro atoms. The van der Waals surface area contributed by atoms with Crippen molar-refractivity contribution in [2.24, 2.45) is 11.8 Å². The van der Waals surface area contributed by atoms with Gasteiger partial charge < -0.3 is 18.6 Å². The van der Waals surface area contributed by atoms with E-state index in [1.54, 1.807) is 59.7 Å². The van der Waals surface area contributed by atoms with Crippen molar-refractivity contribution in [2.75, 3.05) is 0 Å². The van der Waals surface area contributed by atoms with Crippen LogP contribution in [0.2, 0.25) is 0 Å². The summed E-state index contributed by atoms with van der Waals surface area (Å²) in [5, 5.41) is 0.645. The number of benzene rings is 1. The largest absolute Gasteiger partial charge is 0.483 e. The Balaban J connectivity index is 2.22. The molecule has 0 amide bonds. The molecular formula is C22H26O7. The molecule has 156 valence electrons. The van der Waals surface area contributed by atoms with Gasteiger partial charge in [0.25, 0.3) is 0 Å². The fraction of sp³-hybridized carbons (Fsp3) is 0.500. The number of hydrogen-bond acceptors (Lipinski definition) is 7. The lowest BCUT2D eigenvalue weighted by Gasteiger charge is -2.43. The maximum absolute atomic E-state index is 12.5.